The Morgan fingerprint density at radius 2 is 0.941 bits per heavy atom. The van der Waals surface area contributed by atoms with Crippen LogP contribution in [-0.4, -0.2) is 4.98 Å². The molecule has 8 aromatic carbocycles. The average molecular weight is 655 g/mol. The van der Waals surface area contributed by atoms with Gasteiger partial charge in [0.15, 0.2) is 5.58 Å². The molecule has 4 nitrogen and oxygen atoms in total. The van der Waals surface area contributed by atoms with Gasteiger partial charge in [0.05, 0.1) is 5.39 Å². The van der Waals surface area contributed by atoms with Gasteiger partial charge in [0.2, 0.25) is 5.89 Å². The number of rotatable bonds is 6. The zero-order valence-electron chi connectivity index (χ0n) is 27.5. The number of aromatic nitrogens is 1. The molecule has 2 aromatic heterocycles. The Bertz CT molecular complexity index is 2840. The summed E-state index contributed by atoms with van der Waals surface area (Å²) in [6.45, 7) is 0. The molecule has 0 spiro atoms. The molecular formula is C47H30N2O2. The van der Waals surface area contributed by atoms with Crippen LogP contribution in [0, 0.1) is 0 Å². The third-order valence-electron chi connectivity index (χ3n) is 9.70. The van der Waals surface area contributed by atoms with E-state index in [-0.39, 0.29) is 0 Å². The van der Waals surface area contributed by atoms with Crippen LogP contribution in [0.15, 0.2) is 191 Å². The molecule has 0 unspecified atom stereocenters. The van der Waals surface area contributed by atoms with E-state index < -0.39 is 0 Å². The van der Waals surface area contributed by atoms with Gasteiger partial charge in [-0.3, -0.25) is 0 Å². The summed E-state index contributed by atoms with van der Waals surface area (Å²) >= 11 is 0. The van der Waals surface area contributed by atoms with E-state index in [9.17, 15) is 0 Å². The number of benzene rings is 8. The first-order valence-electron chi connectivity index (χ1n) is 17.1. The molecule has 0 aliphatic heterocycles. The van der Waals surface area contributed by atoms with E-state index in [1.807, 2.05) is 42.5 Å². The molecule has 0 radical (unpaired) electrons. The van der Waals surface area contributed by atoms with Crippen LogP contribution < -0.4 is 4.90 Å². The molecule has 0 aliphatic carbocycles. The summed E-state index contributed by atoms with van der Waals surface area (Å²) in [5.41, 5.74) is 12.0. The highest BCUT2D eigenvalue weighted by atomic mass is 16.4. The molecule has 4 heteroatoms. The Kier molecular flexibility index (Phi) is 6.78. The van der Waals surface area contributed by atoms with Crippen LogP contribution in [0.1, 0.15) is 0 Å². The standard InChI is InChI=1S/C47H30N2O2/c1-3-9-31(10-4-1)33-15-21-38(22-16-33)49(40-25-19-32-11-7-8-14-36(32)29-40)39-23-17-34(18-24-39)37-20-26-41-44(30-37)50-42-27-28-43-46(45(41)42)48-47(51-43)35-12-5-2-6-13-35/h1-30H. The second kappa shape index (κ2) is 11.9. The second-order valence-electron chi connectivity index (χ2n) is 12.8. The third-order valence-corrected chi connectivity index (χ3v) is 9.70. The Balaban J connectivity index is 1.02. The molecule has 10 aromatic rings. The largest absolute Gasteiger partial charge is 0.456 e. The predicted octanol–water partition coefficient (Wildman–Crippen LogP) is 13.4. The summed E-state index contributed by atoms with van der Waals surface area (Å²) in [6.07, 6.45) is 0. The van der Waals surface area contributed by atoms with Crippen LogP contribution in [0.3, 0.4) is 0 Å². The summed E-state index contributed by atoms with van der Waals surface area (Å²) < 4.78 is 12.6. The minimum Gasteiger partial charge on any atom is -0.456 e. The lowest BCUT2D eigenvalue weighted by Gasteiger charge is -2.26. The molecule has 240 valence electrons. The minimum absolute atomic E-state index is 0.606. The van der Waals surface area contributed by atoms with E-state index in [1.54, 1.807) is 0 Å². The van der Waals surface area contributed by atoms with Gasteiger partial charge in [-0.1, -0.05) is 109 Å². The Morgan fingerprint density at radius 3 is 1.67 bits per heavy atom. The zero-order valence-corrected chi connectivity index (χ0v) is 27.5. The second-order valence-corrected chi connectivity index (χ2v) is 12.8. The molecule has 0 aliphatic rings. The van der Waals surface area contributed by atoms with Crippen molar-refractivity contribution < 1.29 is 8.83 Å². The fraction of sp³-hybridized carbons (Fsp3) is 0. The number of nitrogens with zero attached hydrogens (tertiary/aromatic N) is 2. The van der Waals surface area contributed by atoms with Crippen molar-refractivity contribution in [1.82, 2.24) is 4.98 Å². The maximum absolute atomic E-state index is 6.40. The number of fused-ring (bicyclic) bond motifs is 6. The average Bonchev–Trinajstić information content (AvgIpc) is 3.81. The summed E-state index contributed by atoms with van der Waals surface area (Å²) in [4.78, 5) is 7.22. The van der Waals surface area contributed by atoms with Gasteiger partial charge in [0, 0.05) is 28.0 Å². The van der Waals surface area contributed by atoms with E-state index in [0.29, 0.717) is 5.89 Å². The van der Waals surface area contributed by atoms with Gasteiger partial charge in [0.25, 0.3) is 0 Å². The molecule has 0 saturated carbocycles. The Morgan fingerprint density at radius 1 is 0.373 bits per heavy atom. The van der Waals surface area contributed by atoms with E-state index >= 15 is 0 Å². The molecule has 0 atom stereocenters. The van der Waals surface area contributed by atoms with Gasteiger partial charge in [0.1, 0.15) is 16.7 Å². The highest BCUT2D eigenvalue weighted by Gasteiger charge is 2.18. The van der Waals surface area contributed by atoms with E-state index in [4.69, 9.17) is 13.8 Å². The van der Waals surface area contributed by atoms with Gasteiger partial charge < -0.3 is 13.7 Å². The van der Waals surface area contributed by atoms with E-state index in [1.165, 1.54) is 21.9 Å². The van der Waals surface area contributed by atoms with Gasteiger partial charge in [-0.25, -0.2) is 4.98 Å². The van der Waals surface area contributed by atoms with Crippen LogP contribution in [0.5, 0.6) is 0 Å². The lowest BCUT2D eigenvalue weighted by atomic mass is 10.0. The number of hydrogen-bond acceptors (Lipinski definition) is 4. The van der Waals surface area contributed by atoms with Crippen molar-refractivity contribution in [3.63, 3.8) is 0 Å². The van der Waals surface area contributed by atoms with Crippen molar-refractivity contribution in [2.75, 3.05) is 4.90 Å². The SMILES string of the molecule is c1ccc(-c2ccc(N(c3ccc(-c4ccc5c(c4)oc4ccc6oc(-c7ccccc7)nc6c45)cc3)c3ccc4ccccc4c3)cc2)cc1. The maximum Gasteiger partial charge on any atom is 0.227 e. The fourth-order valence-corrected chi connectivity index (χ4v) is 7.14. The van der Waals surface area contributed by atoms with Crippen molar-refractivity contribution in [2.45, 2.75) is 0 Å². The van der Waals surface area contributed by atoms with Gasteiger partial charge in [-0.15, -0.1) is 0 Å². The number of oxazole rings is 1. The summed E-state index contributed by atoms with van der Waals surface area (Å²) in [5.74, 6) is 0.606. The minimum atomic E-state index is 0.606. The zero-order chi connectivity index (χ0) is 33.7. The van der Waals surface area contributed by atoms with Crippen molar-refractivity contribution in [2.24, 2.45) is 0 Å². The molecule has 2 heterocycles. The first-order valence-corrected chi connectivity index (χ1v) is 17.1. The van der Waals surface area contributed by atoms with Crippen LogP contribution in [0.25, 0.3) is 77.5 Å². The van der Waals surface area contributed by atoms with Crippen LogP contribution in [-0.2, 0) is 0 Å². The van der Waals surface area contributed by atoms with Crippen LogP contribution >= 0.6 is 0 Å². The Labute approximate surface area is 294 Å². The maximum atomic E-state index is 6.40. The normalized spacial score (nSPS) is 11.5. The summed E-state index contributed by atoms with van der Waals surface area (Å²) in [6, 6.07) is 63.6. The number of hydrogen-bond donors (Lipinski definition) is 0. The van der Waals surface area contributed by atoms with Crippen molar-refractivity contribution in [1.29, 1.82) is 0 Å². The fourth-order valence-electron chi connectivity index (χ4n) is 7.14. The van der Waals surface area contributed by atoms with Crippen LogP contribution in [0.2, 0.25) is 0 Å². The summed E-state index contributed by atoms with van der Waals surface area (Å²) in [5, 5.41) is 4.42. The number of anilines is 3. The topological polar surface area (TPSA) is 42.4 Å². The number of furan rings is 1. The first kappa shape index (κ1) is 29.0. The predicted molar refractivity (Wildman–Crippen MR) is 210 cm³/mol. The quantitative estimate of drug-likeness (QED) is 0.179. The van der Waals surface area contributed by atoms with Crippen molar-refractivity contribution in [3.05, 3.63) is 182 Å². The highest BCUT2D eigenvalue weighted by molar-refractivity contribution is 6.17. The monoisotopic (exact) mass is 654 g/mol. The molecule has 0 bridgehead atoms. The summed E-state index contributed by atoms with van der Waals surface area (Å²) in [7, 11) is 0. The Hall–Kier alpha value is -6.91. The lowest BCUT2D eigenvalue weighted by molar-refractivity contribution is 0.619. The van der Waals surface area contributed by atoms with Crippen molar-refractivity contribution in [3.8, 4) is 33.7 Å². The van der Waals surface area contributed by atoms with Crippen molar-refractivity contribution >= 4 is 60.9 Å². The smallest absolute Gasteiger partial charge is 0.227 e. The molecule has 51 heavy (non-hydrogen) atoms. The molecular weight excluding hydrogens is 625 g/mol. The van der Waals surface area contributed by atoms with Gasteiger partial charge in [-0.2, -0.15) is 0 Å². The molecule has 0 amide bonds. The third kappa shape index (κ3) is 5.13. The van der Waals surface area contributed by atoms with Gasteiger partial charge in [-0.05, 0) is 106 Å². The van der Waals surface area contributed by atoms with Gasteiger partial charge >= 0.3 is 0 Å². The van der Waals surface area contributed by atoms with E-state index in [2.05, 4.69) is 144 Å². The molecule has 0 fully saturated rings. The first-order chi connectivity index (χ1) is 25.2. The van der Waals surface area contributed by atoms with E-state index in [0.717, 1.165) is 66.8 Å². The lowest BCUT2D eigenvalue weighted by Crippen LogP contribution is -2.09. The molecule has 0 saturated heterocycles. The molecule has 10 rings (SSSR count). The van der Waals surface area contributed by atoms with Crippen LogP contribution in [0.4, 0.5) is 17.1 Å². The molecule has 0 N–H and O–H groups in total. The highest BCUT2D eigenvalue weighted by Crippen LogP contribution is 2.40.